The van der Waals surface area contributed by atoms with Crippen LogP contribution in [0, 0.1) is 24.5 Å². The first-order valence-electron chi connectivity index (χ1n) is 12.7. The highest BCUT2D eigenvalue weighted by Gasteiger charge is 2.35. The van der Waals surface area contributed by atoms with Crippen LogP contribution in [0.2, 0.25) is 0 Å². The van der Waals surface area contributed by atoms with E-state index < -0.39 is 17.7 Å². The molecule has 37 heavy (non-hydrogen) atoms. The molecule has 1 saturated heterocycles. The lowest BCUT2D eigenvalue weighted by Crippen LogP contribution is -2.39. The van der Waals surface area contributed by atoms with Gasteiger partial charge in [0.15, 0.2) is 6.29 Å². The van der Waals surface area contributed by atoms with Crippen molar-refractivity contribution in [2.45, 2.75) is 44.7 Å². The number of ether oxygens (including phenoxy) is 3. The van der Waals surface area contributed by atoms with Crippen LogP contribution in [0.4, 0.5) is 14.5 Å². The van der Waals surface area contributed by atoms with E-state index in [1.807, 2.05) is 18.2 Å². The second kappa shape index (κ2) is 10.8. The number of nitrogens with zero attached hydrogens (tertiary/aromatic N) is 1. The zero-order chi connectivity index (χ0) is 26.1. The molecule has 5 nitrogen and oxygen atoms in total. The number of rotatable bonds is 6. The van der Waals surface area contributed by atoms with E-state index in [-0.39, 0.29) is 35.7 Å². The largest absolute Gasteiger partial charge is 0.508 e. The Morgan fingerprint density at radius 2 is 1.62 bits per heavy atom. The smallest absolute Gasteiger partial charge is 0.159 e. The molecule has 0 aliphatic carbocycles. The fraction of sp³-hybridized carbons (Fsp3) is 0.400. The summed E-state index contributed by atoms with van der Waals surface area (Å²) in [5.74, 6) is -0.789. The summed E-state index contributed by atoms with van der Waals surface area (Å²) in [6.45, 7) is 3.55. The quantitative estimate of drug-likeness (QED) is 0.400. The monoisotopic (exact) mass is 509 g/mol. The molecule has 3 aromatic carbocycles. The van der Waals surface area contributed by atoms with Crippen LogP contribution >= 0.6 is 0 Å². The van der Waals surface area contributed by atoms with E-state index in [0.29, 0.717) is 5.92 Å². The van der Waals surface area contributed by atoms with Crippen molar-refractivity contribution >= 4 is 5.69 Å². The molecule has 0 spiro atoms. The van der Waals surface area contributed by atoms with Crippen molar-refractivity contribution in [2.75, 3.05) is 32.2 Å². The molecule has 0 saturated carbocycles. The lowest BCUT2D eigenvalue weighted by molar-refractivity contribution is -0.141. The summed E-state index contributed by atoms with van der Waals surface area (Å²) in [6.07, 6.45) is 1.07. The third kappa shape index (κ3) is 5.08. The highest BCUT2D eigenvalue weighted by Crippen LogP contribution is 2.46. The molecule has 2 aliphatic rings. The topological polar surface area (TPSA) is 51.2 Å². The molecule has 0 unspecified atom stereocenters. The summed E-state index contributed by atoms with van der Waals surface area (Å²) in [7, 11) is 3.36. The first kappa shape index (κ1) is 25.6. The Balaban J connectivity index is 1.44. The van der Waals surface area contributed by atoms with Crippen LogP contribution in [0.25, 0.3) is 0 Å². The maximum Gasteiger partial charge on any atom is 0.159 e. The predicted molar refractivity (Wildman–Crippen MR) is 138 cm³/mol. The lowest BCUT2D eigenvalue weighted by atomic mass is 9.79. The van der Waals surface area contributed by atoms with Crippen LogP contribution in [-0.2, 0) is 20.8 Å². The molecule has 2 heterocycles. The van der Waals surface area contributed by atoms with Crippen molar-refractivity contribution in [3.63, 3.8) is 0 Å². The number of hydrogen-bond acceptors (Lipinski definition) is 5. The fourth-order valence-electron chi connectivity index (χ4n) is 5.77. The van der Waals surface area contributed by atoms with Gasteiger partial charge < -0.3 is 24.2 Å². The number of aromatic hydroxyl groups is 1. The van der Waals surface area contributed by atoms with Gasteiger partial charge in [-0.2, -0.15) is 0 Å². The van der Waals surface area contributed by atoms with E-state index in [4.69, 9.17) is 14.2 Å². The average molecular weight is 510 g/mol. The van der Waals surface area contributed by atoms with Gasteiger partial charge in [-0.3, -0.25) is 0 Å². The molecular formula is C30H33F2NO4. The number of methoxy groups -OCH3 is 2. The van der Waals surface area contributed by atoms with Gasteiger partial charge in [0.25, 0.3) is 0 Å². The Morgan fingerprint density at radius 3 is 2.30 bits per heavy atom. The van der Waals surface area contributed by atoms with Crippen LogP contribution in [0.5, 0.6) is 5.75 Å². The number of aryl methyl sites for hydroxylation is 1. The van der Waals surface area contributed by atoms with Crippen LogP contribution in [0.1, 0.15) is 52.7 Å². The molecule has 1 N–H and O–H groups in total. The standard InChI is InChI=1S/C30H33F2NO4/c1-18-14-27(32)25(16-26(18)31)29-28(24-9-8-23(34)15-21(24)17-37-29)19-4-6-22(7-5-19)33-12-10-20(11-13-33)30(35-2)36-3/h4-9,14-16,20,28-30,34H,10-13,17H2,1-3H3/t28-,29-/m0/s1. The predicted octanol–water partition coefficient (Wildman–Crippen LogP) is 6.22. The molecule has 0 bridgehead atoms. The molecule has 0 radical (unpaired) electrons. The second-order valence-electron chi connectivity index (χ2n) is 9.97. The number of phenols is 1. The molecule has 2 atom stereocenters. The van der Waals surface area contributed by atoms with Crippen molar-refractivity contribution in [1.82, 2.24) is 0 Å². The summed E-state index contributed by atoms with van der Waals surface area (Å²) >= 11 is 0. The van der Waals surface area contributed by atoms with Gasteiger partial charge in [-0.15, -0.1) is 0 Å². The lowest BCUT2D eigenvalue weighted by Gasteiger charge is -2.37. The van der Waals surface area contributed by atoms with Gasteiger partial charge in [0, 0.05) is 50.4 Å². The van der Waals surface area contributed by atoms with E-state index in [1.165, 1.54) is 12.1 Å². The normalized spacial score (nSPS) is 20.3. The first-order chi connectivity index (χ1) is 17.9. The first-order valence-corrected chi connectivity index (χ1v) is 12.7. The highest BCUT2D eigenvalue weighted by molar-refractivity contribution is 5.52. The van der Waals surface area contributed by atoms with Gasteiger partial charge in [0.05, 0.1) is 12.7 Å². The summed E-state index contributed by atoms with van der Waals surface area (Å²) in [6, 6.07) is 15.9. The average Bonchev–Trinajstić information content (AvgIpc) is 2.91. The Morgan fingerprint density at radius 1 is 0.919 bits per heavy atom. The number of fused-ring (bicyclic) bond motifs is 1. The number of halogens is 2. The Kier molecular flexibility index (Phi) is 7.47. The van der Waals surface area contributed by atoms with Gasteiger partial charge in [-0.1, -0.05) is 18.2 Å². The molecule has 3 aromatic rings. The van der Waals surface area contributed by atoms with E-state index in [1.54, 1.807) is 33.3 Å². The maximum atomic E-state index is 15.1. The van der Waals surface area contributed by atoms with Gasteiger partial charge in [-0.25, -0.2) is 8.78 Å². The molecule has 0 amide bonds. The Hall–Kier alpha value is -3.00. The zero-order valence-electron chi connectivity index (χ0n) is 21.4. The minimum atomic E-state index is -0.700. The van der Waals surface area contributed by atoms with Crippen LogP contribution in [0.3, 0.4) is 0 Å². The summed E-state index contributed by atoms with van der Waals surface area (Å²) < 4.78 is 46.6. The number of phenolic OH excluding ortho intramolecular Hbond substituents is 1. The van der Waals surface area contributed by atoms with Crippen LogP contribution < -0.4 is 4.90 Å². The van der Waals surface area contributed by atoms with Crippen LogP contribution in [-0.4, -0.2) is 38.7 Å². The summed E-state index contributed by atoms with van der Waals surface area (Å²) in [5, 5.41) is 10.0. The molecule has 7 heteroatoms. The minimum absolute atomic E-state index is 0.148. The molecule has 2 aliphatic heterocycles. The molecule has 196 valence electrons. The number of anilines is 1. The summed E-state index contributed by atoms with van der Waals surface area (Å²) in [5.41, 5.74) is 4.28. The third-order valence-corrected chi connectivity index (χ3v) is 7.77. The van der Waals surface area contributed by atoms with Crippen molar-refractivity contribution < 1.29 is 28.1 Å². The van der Waals surface area contributed by atoms with Crippen molar-refractivity contribution in [3.8, 4) is 5.75 Å². The second-order valence-corrected chi connectivity index (χ2v) is 9.97. The number of hydrogen-bond donors (Lipinski definition) is 1. The van der Waals surface area contributed by atoms with E-state index in [0.717, 1.165) is 48.3 Å². The van der Waals surface area contributed by atoms with E-state index in [2.05, 4.69) is 17.0 Å². The highest BCUT2D eigenvalue weighted by atomic mass is 19.1. The SMILES string of the molecule is COC(OC)C1CCN(c2ccc([C@H]3c4ccc(O)cc4CO[C@H]3c3cc(F)c(C)cc3F)cc2)CC1. The fourth-order valence-corrected chi connectivity index (χ4v) is 5.77. The minimum Gasteiger partial charge on any atom is -0.508 e. The molecule has 1 fully saturated rings. The maximum absolute atomic E-state index is 15.1. The van der Waals surface area contributed by atoms with Gasteiger partial charge in [-0.05, 0) is 78.4 Å². The van der Waals surface area contributed by atoms with E-state index >= 15 is 4.39 Å². The van der Waals surface area contributed by atoms with Crippen molar-refractivity contribution in [3.05, 3.63) is 94.0 Å². The number of piperidine rings is 1. The van der Waals surface area contributed by atoms with Gasteiger partial charge in [0.1, 0.15) is 17.4 Å². The summed E-state index contributed by atoms with van der Waals surface area (Å²) in [4.78, 5) is 2.35. The van der Waals surface area contributed by atoms with Crippen molar-refractivity contribution in [1.29, 1.82) is 0 Å². The van der Waals surface area contributed by atoms with E-state index in [9.17, 15) is 9.50 Å². The van der Waals surface area contributed by atoms with Crippen molar-refractivity contribution in [2.24, 2.45) is 5.92 Å². The Bertz CT molecular complexity index is 1240. The molecule has 5 rings (SSSR count). The number of benzene rings is 3. The van der Waals surface area contributed by atoms with Crippen LogP contribution in [0.15, 0.2) is 54.6 Å². The molecule has 0 aromatic heterocycles. The molecular weight excluding hydrogens is 476 g/mol. The zero-order valence-corrected chi connectivity index (χ0v) is 21.4. The van der Waals surface area contributed by atoms with Gasteiger partial charge in [0.2, 0.25) is 0 Å². The third-order valence-electron chi connectivity index (χ3n) is 7.77. The Labute approximate surface area is 216 Å². The van der Waals surface area contributed by atoms with Gasteiger partial charge >= 0.3 is 0 Å².